The van der Waals surface area contributed by atoms with Gasteiger partial charge in [0.2, 0.25) is 0 Å². The van der Waals surface area contributed by atoms with Crippen molar-refractivity contribution in [2.24, 2.45) is 0 Å². The lowest BCUT2D eigenvalue weighted by Gasteiger charge is -2.11. The largest absolute Gasteiger partial charge is 0.490 e. The van der Waals surface area contributed by atoms with Crippen molar-refractivity contribution in [3.05, 3.63) is 51.7 Å². The predicted molar refractivity (Wildman–Crippen MR) is 88.9 cm³/mol. The first-order valence-electron chi connectivity index (χ1n) is 7.18. The number of hydrogen-bond donors (Lipinski definition) is 1. The summed E-state index contributed by atoms with van der Waals surface area (Å²) in [5, 5.41) is 8.86. The van der Waals surface area contributed by atoms with Gasteiger partial charge in [-0.05, 0) is 42.8 Å². The van der Waals surface area contributed by atoms with Crippen molar-refractivity contribution in [1.82, 2.24) is 0 Å². The van der Waals surface area contributed by atoms with E-state index in [0.29, 0.717) is 5.56 Å². The quantitative estimate of drug-likeness (QED) is 0.554. The predicted octanol–water partition coefficient (Wildman–Crippen LogP) is 4.34. The van der Waals surface area contributed by atoms with Crippen LogP contribution in [0.2, 0.25) is 0 Å². The Morgan fingerprint density at radius 1 is 1.20 bits per heavy atom. The SMILES string of the molecule is CCOc1cc(/C=C/C(=O)c2ccc(C(=O)O)s2)ccc1OC(F)F. The summed E-state index contributed by atoms with van der Waals surface area (Å²) in [6, 6.07) is 7.10. The van der Waals surface area contributed by atoms with Gasteiger partial charge in [0.25, 0.3) is 0 Å². The molecule has 2 aromatic rings. The molecule has 0 aliphatic carbocycles. The van der Waals surface area contributed by atoms with E-state index in [4.69, 9.17) is 9.84 Å². The monoisotopic (exact) mass is 368 g/mol. The van der Waals surface area contributed by atoms with Crippen molar-refractivity contribution >= 4 is 29.2 Å². The van der Waals surface area contributed by atoms with E-state index in [1.807, 2.05) is 0 Å². The Morgan fingerprint density at radius 3 is 2.52 bits per heavy atom. The molecular weight excluding hydrogens is 354 g/mol. The van der Waals surface area contributed by atoms with Crippen LogP contribution in [-0.2, 0) is 0 Å². The lowest BCUT2D eigenvalue weighted by molar-refractivity contribution is -0.0514. The van der Waals surface area contributed by atoms with Gasteiger partial charge in [-0.15, -0.1) is 11.3 Å². The van der Waals surface area contributed by atoms with Gasteiger partial charge in [0, 0.05) is 0 Å². The molecule has 2 rings (SSSR count). The van der Waals surface area contributed by atoms with Crippen LogP contribution in [0.1, 0.15) is 31.8 Å². The Bertz CT molecular complexity index is 798. The molecule has 0 amide bonds. The normalized spacial score (nSPS) is 11.0. The van der Waals surface area contributed by atoms with Gasteiger partial charge in [0.1, 0.15) is 4.88 Å². The number of carbonyl (C=O) groups excluding carboxylic acids is 1. The highest BCUT2D eigenvalue weighted by molar-refractivity contribution is 7.16. The number of ketones is 1. The van der Waals surface area contributed by atoms with Crippen molar-refractivity contribution in [2.45, 2.75) is 13.5 Å². The molecule has 0 saturated carbocycles. The topological polar surface area (TPSA) is 72.8 Å². The van der Waals surface area contributed by atoms with Gasteiger partial charge in [-0.1, -0.05) is 12.1 Å². The molecule has 1 aromatic carbocycles. The number of benzene rings is 1. The number of thiophene rings is 1. The lowest BCUT2D eigenvalue weighted by atomic mass is 10.1. The molecule has 1 aromatic heterocycles. The Morgan fingerprint density at radius 2 is 1.92 bits per heavy atom. The number of rotatable bonds is 8. The van der Waals surface area contributed by atoms with Crippen LogP contribution in [0.25, 0.3) is 6.08 Å². The summed E-state index contributed by atoms with van der Waals surface area (Å²) in [7, 11) is 0. The van der Waals surface area contributed by atoms with Crippen molar-refractivity contribution in [2.75, 3.05) is 6.61 Å². The molecule has 1 N–H and O–H groups in total. The van der Waals surface area contributed by atoms with Gasteiger partial charge >= 0.3 is 12.6 Å². The molecule has 0 bridgehead atoms. The fourth-order valence-corrected chi connectivity index (χ4v) is 2.69. The minimum atomic E-state index is -2.97. The van der Waals surface area contributed by atoms with Gasteiger partial charge in [-0.25, -0.2) is 4.79 Å². The number of aromatic carboxylic acids is 1. The first kappa shape index (κ1) is 18.6. The van der Waals surface area contributed by atoms with E-state index in [1.165, 1.54) is 42.5 Å². The van der Waals surface area contributed by atoms with Crippen molar-refractivity contribution in [3.63, 3.8) is 0 Å². The van der Waals surface area contributed by atoms with Crippen molar-refractivity contribution in [3.8, 4) is 11.5 Å². The molecule has 0 radical (unpaired) electrons. The Hall–Kier alpha value is -2.74. The second-order valence-corrected chi connectivity index (χ2v) is 5.77. The van der Waals surface area contributed by atoms with E-state index < -0.39 is 12.6 Å². The summed E-state index contributed by atoms with van der Waals surface area (Å²) in [4.78, 5) is 23.2. The average Bonchev–Trinajstić information content (AvgIpc) is 3.05. The van der Waals surface area contributed by atoms with Crippen LogP contribution in [0, 0.1) is 0 Å². The fourth-order valence-electron chi connectivity index (χ4n) is 1.93. The smallest absolute Gasteiger partial charge is 0.387 e. The number of ether oxygens (including phenoxy) is 2. The summed E-state index contributed by atoms with van der Waals surface area (Å²) in [6.07, 6.45) is 2.76. The standard InChI is InChI=1S/C17H14F2O5S/c1-2-23-13-9-10(4-6-12(13)24-17(18)19)3-5-11(20)14-7-8-15(25-14)16(21)22/h3-9,17H,2H2,1H3,(H,21,22)/b5-3+. The average molecular weight is 368 g/mol. The Balaban J connectivity index is 2.17. The van der Waals surface area contributed by atoms with Crippen molar-refractivity contribution < 1.29 is 33.0 Å². The molecule has 5 nitrogen and oxygen atoms in total. The van der Waals surface area contributed by atoms with Gasteiger partial charge in [0.15, 0.2) is 17.3 Å². The highest BCUT2D eigenvalue weighted by Crippen LogP contribution is 2.30. The van der Waals surface area contributed by atoms with Crippen LogP contribution >= 0.6 is 11.3 Å². The summed E-state index contributed by atoms with van der Waals surface area (Å²) < 4.78 is 34.4. The maximum atomic E-state index is 12.4. The number of carboxylic acids is 1. The Kier molecular flexibility index (Phi) is 6.24. The molecular formula is C17H14F2O5S. The van der Waals surface area contributed by atoms with Gasteiger partial charge < -0.3 is 14.6 Å². The zero-order valence-electron chi connectivity index (χ0n) is 13.1. The third-order valence-electron chi connectivity index (χ3n) is 2.97. The molecule has 8 heteroatoms. The molecule has 25 heavy (non-hydrogen) atoms. The van der Waals surface area contributed by atoms with Crippen LogP contribution in [0.4, 0.5) is 8.78 Å². The number of carbonyl (C=O) groups is 2. The molecule has 0 atom stereocenters. The molecule has 0 fully saturated rings. The van der Waals surface area contributed by atoms with Crippen molar-refractivity contribution in [1.29, 1.82) is 0 Å². The second-order valence-electron chi connectivity index (χ2n) is 4.68. The fraction of sp³-hybridized carbons (Fsp3) is 0.176. The highest BCUT2D eigenvalue weighted by atomic mass is 32.1. The first-order chi connectivity index (χ1) is 11.9. The summed E-state index contributed by atoms with van der Waals surface area (Å²) in [5.74, 6) is -1.40. The second kappa shape index (κ2) is 8.39. The van der Waals surface area contributed by atoms with Gasteiger partial charge in [-0.2, -0.15) is 8.78 Å². The molecule has 0 aliphatic rings. The van der Waals surface area contributed by atoms with Crippen LogP contribution in [0.5, 0.6) is 11.5 Å². The third-order valence-corrected chi connectivity index (χ3v) is 4.06. The number of allylic oxidation sites excluding steroid dienone is 1. The van der Waals surface area contributed by atoms with Crippen LogP contribution < -0.4 is 9.47 Å². The molecule has 0 spiro atoms. The minimum absolute atomic E-state index is 0.0730. The van der Waals surface area contributed by atoms with Crippen LogP contribution in [0.15, 0.2) is 36.4 Å². The van der Waals surface area contributed by atoms with Crippen LogP contribution in [-0.4, -0.2) is 30.1 Å². The van der Waals surface area contributed by atoms with E-state index in [9.17, 15) is 18.4 Å². The lowest BCUT2D eigenvalue weighted by Crippen LogP contribution is -2.04. The van der Waals surface area contributed by atoms with Gasteiger partial charge in [-0.3, -0.25) is 4.79 Å². The number of alkyl halides is 2. The van der Waals surface area contributed by atoms with E-state index in [1.54, 1.807) is 6.92 Å². The number of halogens is 2. The maximum absolute atomic E-state index is 12.4. The zero-order valence-corrected chi connectivity index (χ0v) is 13.9. The Labute approximate surface area is 146 Å². The number of hydrogen-bond acceptors (Lipinski definition) is 5. The van der Waals surface area contributed by atoms with E-state index >= 15 is 0 Å². The van der Waals surface area contributed by atoms with Gasteiger partial charge in [0.05, 0.1) is 11.5 Å². The molecule has 132 valence electrons. The first-order valence-corrected chi connectivity index (χ1v) is 7.99. The summed E-state index contributed by atoms with van der Waals surface area (Å²) >= 11 is 0.876. The zero-order chi connectivity index (χ0) is 18.4. The summed E-state index contributed by atoms with van der Waals surface area (Å²) in [5.41, 5.74) is 0.549. The highest BCUT2D eigenvalue weighted by Gasteiger charge is 2.12. The number of carboxylic acid groups (broad SMARTS) is 1. The van der Waals surface area contributed by atoms with E-state index in [2.05, 4.69) is 4.74 Å². The minimum Gasteiger partial charge on any atom is -0.490 e. The molecule has 0 unspecified atom stereocenters. The maximum Gasteiger partial charge on any atom is 0.387 e. The van der Waals surface area contributed by atoms with E-state index in [0.717, 1.165) is 11.3 Å². The molecule has 1 heterocycles. The molecule has 0 saturated heterocycles. The van der Waals surface area contributed by atoms with E-state index in [-0.39, 0.29) is 33.6 Å². The third kappa shape index (κ3) is 5.12. The summed E-state index contributed by atoms with van der Waals surface area (Å²) in [6.45, 7) is -1.00. The molecule has 0 aliphatic heterocycles. The van der Waals surface area contributed by atoms with Crippen LogP contribution in [0.3, 0.4) is 0 Å².